The number of nitrogens with one attached hydrogen (secondary N) is 1. The average molecular weight is 457 g/mol. The second-order valence-corrected chi connectivity index (χ2v) is 9.13. The quantitative estimate of drug-likeness (QED) is 0.350. The Kier molecular flexibility index (Phi) is 6.45. The highest BCUT2D eigenvalue weighted by Crippen LogP contribution is 2.23. The summed E-state index contributed by atoms with van der Waals surface area (Å²) in [4.78, 5) is 30.2. The predicted octanol–water partition coefficient (Wildman–Crippen LogP) is 4.02. The molecular formula is C27H28N4O3. The van der Waals surface area contributed by atoms with E-state index in [1.54, 1.807) is 29.1 Å². The van der Waals surface area contributed by atoms with E-state index in [0.29, 0.717) is 23.4 Å². The van der Waals surface area contributed by atoms with E-state index in [-0.39, 0.29) is 17.0 Å². The van der Waals surface area contributed by atoms with Crippen LogP contribution in [0.5, 0.6) is 0 Å². The third-order valence-electron chi connectivity index (χ3n) is 5.50. The van der Waals surface area contributed by atoms with E-state index >= 15 is 0 Å². The summed E-state index contributed by atoms with van der Waals surface area (Å²) >= 11 is 0. The number of pyridine rings is 3. The Balaban J connectivity index is 1.84. The van der Waals surface area contributed by atoms with Crippen molar-refractivity contribution >= 4 is 16.9 Å². The molecule has 3 aromatic heterocycles. The fraction of sp³-hybridized carbons (Fsp3) is 0.259. The van der Waals surface area contributed by atoms with E-state index < -0.39 is 5.91 Å². The van der Waals surface area contributed by atoms with Crippen molar-refractivity contribution < 1.29 is 9.52 Å². The number of carbonyl (C=O) groups excluding carboxylic acids is 1. The Labute approximate surface area is 198 Å². The zero-order valence-electron chi connectivity index (χ0n) is 19.8. The molecule has 0 fully saturated rings. The highest BCUT2D eigenvalue weighted by molar-refractivity contribution is 5.97. The number of rotatable bonds is 6. The van der Waals surface area contributed by atoms with E-state index in [4.69, 9.17) is 0 Å². The van der Waals surface area contributed by atoms with Gasteiger partial charge in [-0.05, 0) is 55.7 Å². The Bertz CT molecular complexity index is 1420. The van der Waals surface area contributed by atoms with E-state index in [2.05, 4.69) is 24.1 Å². The summed E-state index contributed by atoms with van der Waals surface area (Å²) in [5.41, 5.74) is 3.22. The smallest absolute Gasteiger partial charge is 0.256 e. The number of hydrogen-bond acceptors (Lipinski definition) is 4. The monoisotopic (exact) mass is 456 g/mol. The second-order valence-electron chi connectivity index (χ2n) is 9.13. The van der Waals surface area contributed by atoms with Crippen molar-refractivity contribution in [1.82, 2.24) is 14.9 Å². The van der Waals surface area contributed by atoms with Crippen molar-refractivity contribution in [1.29, 1.82) is 0 Å². The fourth-order valence-electron chi connectivity index (χ4n) is 3.95. The highest BCUT2D eigenvalue weighted by atomic mass is 16.5. The van der Waals surface area contributed by atoms with Crippen LogP contribution in [0.4, 0.5) is 0 Å². The van der Waals surface area contributed by atoms with Gasteiger partial charge >= 0.3 is 0 Å². The summed E-state index contributed by atoms with van der Waals surface area (Å²) in [6, 6.07) is 14.6. The first kappa shape index (κ1) is 23.2. The van der Waals surface area contributed by atoms with Gasteiger partial charge in [-0.2, -0.15) is 4.73 Å². The van der Waals surface area contributed by atoms with Gasteiger partial charge < -0.3 is 15.1 Å². The number of carbonyl (C=O) groups is 1. The third-order valence-corrected chi connectivity index (χ3v) is 5.50. The lowest BCUT2D eigenvalue weighted by molar-refractivity contribution is -0.613. The number of aromatic nitrogens is 3. The molecule has 3 heterocycles. The maximum absolute atomic E-state index is 13.0. The minimum Gasteiger partial charge on any atom is -0.618 e. The summed E-state index contributed by atoms with van der Waals surface area (Å²) in [6.07, 6.45) is 5.44. The molecule has 0 saturated heterocycles. The van der Waals surface area contributed by atoms with Gasteiger partial charge in [0.15, 0.2) is 11.9 Å². The van der Waals surface area contributed by atoms with Crippen LogP contribution in [-0.2, 0) is 6.42 Å². The summed E-state index contributed by atoms with van der Waals surface area (Å²) in [7, 11) is 0. The number of benzene rings is 1. The average Bonchev–Trinajstić information content (AvgIpc) is 2.80. The lowest BCUT2D eigenvalue weighted by atomic mass is 10.0. The van der Waals surface area contributed by atoms with Gasteiger partial charge in [-0.15, -0.1) is 0 Å². The molecule has 0 spiro atoms. The molecular weight excluding hydrogens is 428 g/mol. The molecule has 0 atom stereocenters. The minimum absolute atomic E-state index is 0.0510. The Morgan fingerprint density at radius 1 is 1.09 bits per heavy atom. The fourth-order valence-corrected chi connectivity index (χ4v) is 3.95. The van der Waals surface area contributed by atoms with Crippen LogP contribution < -0.4 is 15.5 Å². The zero-order chi connectivity index (χ0) is 24.4. The van der Waals surface area contributed by atoms with Crippen LogP contribution >= 0.6 is 0 Å². The van der Waals surface area contributed by atoms with Crippen molar-refractivity contribution in [3.8, 4) is 16.8 Å². The third kappa shape index (κ3) is 4.69. The molecule has 34 heavy (non-hydrogen) atoms. The Morgan fingerprint density at radius 2 is 1.88 bits per heavy atom. The van der Waals surface area contributed by atoms with Gasteiger partial charge in [0, 0.05) is 42.2 Å². The van der Waals surface area contributed by atoms with Crippen molar-refractivity contribution in [2.75, 3.05) is 0 Å². The van der Waals surface area contributed by atoms with Gasteiger partial charge in [-0.1, -0.05) is 26.0 Å². The van der Waals surface area contributed by atoms with Crippen LogP contribution in [0.15, 0.2) is 71.9 Å². The molecule has 1 aromatic carbocycles. The van der Waals surface area contributed by atoms with E-state index in [1.165, 1.54) is 6.20 Å². The SMILES string of the molecule is CC(C)Cc1ccc(-c2cccc(-n3cc(C(=O)NC(C)C)c(=O)c4cccnc43)c2)c[n+]1[O-]. The van der Waals surface area contributed by atoms with Crippen molar-refractivity contribution in [2.45, 2.75) is 40.2 Å². The van der Waals surface area contributed by atoms with Crippen LogP contribution in [0.2, 0.25) is 0 Å². The molecule has 0 bridgehead atoms. The number of nitrogens with zero attached hydrogens (tertiary/aromatic N) is 3. The lowest BCUT2D eigenvalue weighted by Crippen LogP contribution is -2.34. The predicted molar refractivity (Wildman–Crippen MR) is 133 cm³/mol. The van der Waals surface area contributed by atoms with Gasteiger partial charge in [0.1, 0.15) is 11.2 Å². The molecule has 4 aromatic rings. The molecule has 1 amide bonds. The molecule has 0 radical (unpaired) electrons. The van der Waals surface area contributed by atoms with Gasteiger partial charge in [-0.25, -0.2) is 4.98 Å². The van der Waals surface area contributed by atoms with Crippen molar-refractivity contribution in [2.24, 2.45) is 5.92 Å². The normalized spacial score (nSPS) is 11.4. The van der Waals surface area contributed by atoms with Crippen LogP contribution in [0.1, 0.15) is 43.7 Å². The zero-order valence-corrected chi connectivity index (χ0v) is 19.8. The summed E-state index contributed by atoms with van der Waals surface area (Å²) in [6.45, 7) is 7.85. The molecule has 7 heteroatoms. The molecule has 0 aliphatic carbocycles. The van der Waals surface area contributed by atoms with E-state index in [1.807, 2.05) is 50.2 Å². The van der Waals surface area contributed by atoms with Crippen LogP contribution in [0.25, 0.3) is 27.8 Å². The van der Waals surface area contributed by atoms with Crippen LogP contribution in [0, 0.1) is 11.1 Å². The first-order chi connectivity index (χ1) is 16.2. The highest BCUT2D eigenvalue weighted by Gasteiger charge is 2.18. The molecule has 0 saturated carbocycles. The van der Waals surface area contributed by atoms with Crippen molar-refractivity contribution in [3.63, 3.8) is 0 Å². The maximum Gasteiger partial charge on any atom is 0.256 e. The summed E-state index contributed by atoms with van der Waals surface area (Å²) in [5, 5.41) is 15.7. The van der Waals surface area contributed by atoms with E-state index in [9.17, 15) is 14.8 Å². The van der Waals surface area contributed by atoms with Gasteiger partial charge in [0.2, 0.25) is 5.43 Å². The molecule has 174 valence electrons. The maximum atomic E-state index is 13.0. The molecule has 0 aliphatic rings. The first-order valence-corrected chi connectivity index (χ1v) is 11.4. The number of hydrogen-bond donors (Lipinski definition) is 1. The largest absolute Gasteiger partial charge is 0.618 e. The summed E-state index contributed by atoms with van der Waals surface area (Å²) in [5.74, 6) is -0.0403. The van der Waals surface area contributed by atoms with Gasteiger partial charge in [0.05, 0.1) is 5.39 Å². The first-order valence-electron chi connectivity index (χ1n) is 11.4. The molecule has 1 N–H and O–H groups in total. The number of fused-ring (bicyclic) bond motifs is 1. The van der Waals surface area contributed by atoms with Gasteiger partial charge in [-0.3, -0.25) is 9.59 Å². The van der Waals surface area contributed by atoms with E-state index in [0.717, 1.165) is 27.2 Å². The topological polar surface area (TPSA) is 90.9 Å². The molecule has 4 rings (SSSR count). The summed E-state index contributed by atoms with van der Waals surface area (Å²) < 4.78 is 2.67. The van der Waals surface area contributed by atoms with Crippen LogP contribution in [0.3, 0.4) is 0 Å². The Morgan fingerprint density at radius 3 is 2.59 bits per heavy atom. The molecule has 0 aliphatic heterocycles. The molecule has 7 nitrogen and oxygen atoms in total. The second kappa shape index (κ2) is 9.47. The molecule has 0 unspecified atom stereocenters. The van der Waals surface area contributed by atoms with Crippen LogP contribution in [-0.4, -0.2) is 21.5 Å². The Hall–Kier alpha value is -4.00. The van der Waals surface area contributed by atoms with Gasteiger partial charge in [0.25, 0.3) is 5.91 Å². The van der Waals surface area contributed by atoms with Crippen molar-refractivity contribution in [3.05, 3.63) is 93.8 Å². The standard InChI is InChI=1S/C27H28N4O3/c1-17(2)13-22-11-10-20(15-31(22)34)19-7-5-8-21(14-19)30-16-24(27(33)29-18(3)4)25(32)23-9-6-12-28-26(23)30/h5-12,14-18H,13H2,1-4H3,(H,29,33). The number of amides is 1. The minimum atomic E-state index is -0.427. The lowest BCUT2D eigenvalue weighted by Gasteiger charge is -2.15.